The molecule has 0 spiro atoms. The fourth-order valence-electron chi connectivity index (χ4n) is 5.57. The molecule has 0 saturated heterocycles. The summed E-state index contributed by atoms with van der Waals surface area (Å²) in [6, 6.07) is 15.1. The van der Waals surface area contributed by atoms with Crippen molar-refractivity contribution in [1.29, 1.82) is 0 Å². The Morgan fingerprint density at radius 3 is 2.21 bits per heavy atom. The van der Waals surface area contributed by atoms with Gasteiger partial charge in [-0.05, 0) is 54.9 Å². The summed E-state index contributed by atoms with van der Waals surface area (Å²) < 4.78 is 5.67. The molecule has 2 amide bonds. The van der Waals surface area contributed by atoms with Crippen molar-refractivity contribution in [3.05, 3.63) is 59.7 Å². The first-order valence-corrected chi connectivity index (χ1v) is 12.1. The van der Waals surface area contributed by atoms with Crippen molar-refractivity contribution in [3.63, 3.8) is 0 Å². The maximum Gasteiger partial charge on any atom is 0.407 e. The molecule has 2 saturated carbocycles. The van der Waals surface area contributed by atoms with E-state index >= 15 is 0 Å². The highest BCUT2D eigenvalue weighted by molar-refractivity contribution is 5.86. The molecule has 2 aromatic rings. The second-order valence-electron chi connectivity index (χ2n) is 9.60. The van der Waals surface area contributed by atoms with Crippen LogP contribution in [0.25, 0.3) is 11.1 Å². The molecule has 2 aromatic carbocycles. The van der Waals surface area contributed by atoms with Crippen LogP contribution in [0.2, 0.25) is 0 Å². The van der Waals surface area contributed by atoms with E-state index in [0.717, 1.165) is 30.4 Å². The number of rotatable bonds is 7. The van der Waals surface area contributed by atoms with Gasteiger partial charge in [-0.1, -0.05) is 55.0 Å². The van der Waals surface area contributed by atoms with E-state index < -0.39 is 24.0 Å². The Balaban J connectivity index is 1.23. The molecule has 0 radical (unpaired) electrons. The number of carbonyl (C=O) groups is 3. The molecule has 3 aliphatic rings. The normalized spacial score (nSPS) is 21.9. The van der Waals surface area contributed by atoms with Crippen LogP contribution in [-0.4, -0.2) is 52.7 Å². The smallest absolute Gasteiger partial charge is 0.407 e. The van der Waals surface area contributed by atoms with Gasteiger partial charge in [-0.15, -0.1) is 0 Å². The lowest BCUT2D eigenvalue weighted by Crippen LogP contribution is -2.51. The number of amides is 2. The van der Waals surface area contributed by atoms with Gasteiger partial charge in [-0.3, -0.25) is 4.79 Å². The molecule has 3 aliphatic carbocycles. The number of carboxylic acid groups (broad SMARTS) is 1. The maximum atomic E-state index is 13.3. The van der Waals surface area contributed by atoms with E-state index in [1.165, 1.54) is 16.0 Å². The van der Waals surface area contributed by atoms with E-state index in [1.807, 2.05) is 24.3 Å². The van der Waals surface area contributed by atoms with Crippen molar-refractivity contribution >= 4 is 18.0 Å². The average Bonchev–Trinajstić information content (AvgIpc) is 3.47. The van der Waals surface area contributed by atoms with Crippen LogP contribution in [0, 0.1) is 5.92 Å². The van der Waals surface area contributed by atoms with Crippen molar-refractivity contribution < 1.29 is 24.2 Å². The van der Waals surface area contributed by atoms with Gasteiger partial charge in [0.1, 0.15) is 12.6 Å². The van der Waals surface area contributed by atoms with Crippen molar-refractivity contribution in [3.8, 4) is 11.1 Å². The quantitative estimate of drug-likeness (QED) is 0.644. The highest BCUT2D eigenvalue weighted by Crippen LogP contribution is 2.44. The largest absolute Gasteiger partial charge is 0.480 e. The number of alkyl carbamates (subject to hydrolysis) is 1. The molecule has 5 rings (SSSR count). The van der Waals surface area contributed by atoms with E-state index in [4.69, 9.17) is 4.74 Å². The zero-order valence-corrected chi connectivity index (χ0v) is 19.3. The number of fused-ring (bicyclic) bond motifs is 3. The van der Waals surface area contributed by atoms with E-state index in [9.17, 15) is 19.5 Å². The molecule has 178 valence electrons. The molecule has 34 heavy (non-hydrogen) atoms. The second-order valence-corrected chi connectivity index (χ2v) is 9.60. The number of hydrogen-bond donors (Lipinski definition) is 2. The van der Waals surface area contributed by atoms with Crippen LogP contribution in [0.3, 0.4) is 0 Å². The summed E-state index contributed by atoms with van der Waals surface area (Å²) in [6.07, 6.45) is 3.27. The summed E-state index contributed by atoms with van der Waals surface area (Å²) in [5, 5.41) is 12.4. The van der Waals surface area contributed by atoms with Gasteiger partial charge >= 0.3 is 12.1 Å². The monoisotopic (exact) mass is 462 g/mol. The molecule has 0 bridgehead atoms. The van der Waals surface area contributed by atoms with Crippen LogP contribution in [-0.2, 0) is 14.3 Å². The Kier molecular flexibility index (Phi) is 6.02. The predicted molar refractivity (Wildman–Crippen MR) is 126 cm³/mol. The van der Waals surface area contributed by atoms with Gasteiger partial charge < -0.3 is 20.1 Å². The van der Waals surface area contributed by atoms with E-state index in [0.29, 0.717) is 12.8 Å². The van der Waals surface area contributed by atoms with E-state index in [-0.39, 0.29) is 30.5 Å². The summed E-state index contributed by atoms with van der Waals surface area (Å²) in [7, 11) is 0. The van der Waals surface area contributed by atoms with Crippen molar-refractivity contribution in [1.82, 2.24) is 10.2 Å². The van der Waals surface area contributed by atoms with Gasteiger partial charge in [0.05, 0.1) is 5.92 Å². The summed E-state index contributed by atoms with van der Waals surface area (Å²) in [4.78, 5) is 39.1. The average molecular weight is 463 g/mol. The van der Waals surface area contributed by atoms with Crippen LogP contribution in [0.5, 0.6) is 0 Å². The van der Waals surface area contributed by atoms with E-state index in [1.54, 1.807) is 6.92 Å². The third-order valence-corrected chi connectivity index (χ3v) is 7.45. The van der Waals surface area contributed by atoms with Gasteiger partial charge in [0.2, 0.25) is 5.91 Å². The Morgan fingerprint density at radius 1 is 1.00 bits per heavy atom. The number of carbonyl (C=O) groups excluding carboxylic acids is 2. The fourth-order valence-corrected chi connectivity index (χ4v) is 5.57. The number of nitrogens with zero attached hydrogens (tertiary/aromatic N) is 1. The minimum atomic E-state index is -1.00. The molecular formula is C27H30N2O5. The second kappa shape index (κ2) is 9.12. The van der Waals surface area contributed by atoms with E-state index in [2.05, 4.69) is 29.6 Å². The van der Waals surface area contributed by atoms with Gasteiger partial charge in [-0.2, -0.15) is 0 Å². The number of benzene rings is 2. The Hall–Kier alpha value is -3.35. The van der Waals surface area contributed by atoms with Crippen molar-refractivity contribution in [2.45, 2.75) is 63.1 Å². The van der Waals surface area contributed by atoms with Crippen LogP contribution < -0.4 is 5.32 Å². The molecule has 0 heterocycles. The molecule has 3 atom stereocenters. The fraction of sp³-hybridized carbons (Fsp3) is 0.444. The van der Waals surface area contributed by atoms with Crippen molar-refractivity contribution in [2.75, 3.05) is 6.61 Å². The lowest BCUT2D eigenvalue weighted by Gasteiger charge is -2.31. The molecule has 0 aromatic heterocycles. The first-order valence-electron chi connectivity index (χ1n) is 12.1. The first-order chi connectivity index (χ1) is 16.5. The number of aliphatic carboxylic acids is 1. The third kappa shape index (κ3) is 4.15. The van der Waals surface area contributed by atoms with Crippen LogP contribution in [0.1, 0.15) is 56.1 Å². The van der Waals surface area contributed by atoms with Gasteiger partial charge in [0.25, 0.3) is 0 Å². The number of ether oxygens (including phenoxy) is 1. The summed E-state index contributed by atoms with van der Waals surface area (Å²) in [6.45, 7) is 1.77. The molecule has 3 unspecified atom stereocenters. The minimum absolute atomic E-state index is 0.00527. The van der Waals surface area contributed by atoms with Gasteiger partial charge in [-0.25, -0.2) is 9.59 Å². The molecular weight excluding hydrogens is 432 g/mol. The van der Waals surface area contributed by atoms with Crippen LogP contribution in [0.15, 0.2) is 48.5 Å². The minimum Gasteiger partial charge on any atom is -0.480 e. The summed E-state index contributed by atoms with van der Waals surface area (Å²) in [5.74, 6) is -1.61. The number of carboxylic acids is 1. The zero-order chi connectivity index (χ0) is 23.8. The molecule has 2 fully saturated rings. The standard InChI is InChI=1S/C27H30N2O5/c1-16(26(31)32)29(17-13-14-17)25(30)22-11-6-12-24(22)28-27(33)34-15-23-20-9-4-2-7-18(20)19-8-3-5-10-21(19)23/h2-5,7-10,16-17,22-24H,6,11-15H2,1H3,(H,28,33)(H,31,32). The topological polar surface area (TPSA) is 95.9 Å². The highest BCUT2D eigenvalue weighted by Gasteiger charge is 2.44. The lowest BCUT2D eigenvalue weighted by molar-refractivity contribution is -0.152. The van der Waals surface area contributed by atoms with Gasteiger partial charge in [0, 0.05) is 18.0 Å². The Bertz CT molecular complexity index is 1070. The SMILES string of the molecule is CC(C(=O)O)N(C(=O)C1CCCC1NC(=O)OCC1c2ccccc2-c2ccccc21)C1CC1. The number of hydrogen-bond acceptors (Lipinski definition) is 4. The van der Waals surface area contributed by atoms with Gasteiger partial charge in [0.15, 0.2) is 0 Å². The lowest BCUT2D eigenvalue weighted by atomic mass is 9.98. The van der Waals surface area contributed by atoms with Crippen LogP contribution in [0.4, 0.5) is 4.79 Å². The molecule has 7 nitrogen and oxygen atoms in total. The predicted octanol–water partition coefficient (Wildman–Crippen LogP) is 4.16. The Morgan fingerprint density at radius 2 is 1.62 bits per heavy atom. The third-order valence-electron chi connectivity index (χ3n) is 7.45. The maximum absolute atomic E-state index is 13.3. The summed E-state index contributed by atoms with van der Waals surface area (Å²) in [5.41, 5.74) is 4.63. The first kappa shape index (κ1) is 22.4. The highest BCUT2D eigenvalue weighted by atomic mass is 16.5. The number of nitrogens with one attached hydrogen (secondary N) is 1. The molecule has 7 heteroatoms. The summed E-state index contributed by atoms with van der Waals surface area (Å²) >= 11 is 0. The molecule has 2 N–H and O–H groups in total. The Labute approximate surface area is 199 Å². The van der Waals surface area contributed by atoms with Crippen LogP contribution >= 0.6 is 0 Å². The molecule has 0 aliphatic heterocycles. The van der Waals surface area contributed by atoms with Crippen molar-refractivity contribution in [2.24, 2.45) is 5.92 Å². The zero-order valence-electron chi connectivity index (χ0n) is 19.3.